The van der Waals surface area contributed by atoms with Crippen LogP contribution in [0.15, 0.2) is 48.5 Å². The zero-order chi connectivity index (χ0) is 21.1. The molecule has 0 saturated carbocycles. The fourth-order valence-electron chi connectivity index (χ4n) is 3.68. The molecule has 0 aliphatic rings. The van der Waals surface area contributed by atoms with Gasteiger partial charge in [-0.15, -0.1) is 0 Å². The van der Waals surface area contributed by atoms with E-state index in [1.807, 2.05) is 74.0 Å². The molecule has 152 valence electrons. The topological polar surface area (TPSA) is 86.3 Å². The highest BCUT2D eigenvalue weighted by molar-refractivity contribution is 6.11. The number of nitrogens with two attached hydrogens (primary N) is 1. The molecule has 0 aliphatic heterocycles. The molecular formula is C23H27N3O3. The minimum absolute atomic E-state index is 0.222. The summed E-state index contributed by atoms with van der Waals surface area (Å²) in [4.78, 5) is 25.6. The van der Waals surface area contributed by atoms with Gasteiger partial charge in [0.1, 0.15) is 11.7 Å². The second-order valence-electron chi connectivity index (χ2n) is 7.60. The maximum atomic E-state index is 13.4. The van der Waals surface area contributed by atoms with Gasteiger partial charge in [-0.25, -0.2) is 4.79 Å². The van der Waals surface area contributed by atoms with E-state index < -0.39 is 12.0 Å². The molecule has 0 spiro atoms. The number of aromatic nitrogens is 1. The number of carbonyl (C=O) groups excluding carboxylic acids is 2. The molecule has 0 unspecified atom stereocenters. The fraction of sp³-hybridized carbons (Fsp3) is 0.304. The van der Waals surface area contributed by atoms with Crippen LogP contribution in [-0.4, -0.2) is 29.6 Å². The van der Waals surface area contributed by atoms with Gasteiger partial charge in [-0.05, 0) is 36.1 Å². The van der Waals surface area contributed by atoms with Gasteiger partial charge in [-0.1, -0.05) is 44.2 Å². The number of hydrogen-bond acceptors (Lipinski definition) is 4. The zero-order valence-electron chi connectivity index (χ0n) is 17.2. The number of nitrogens with zero attached hydrogens (tertiary/aromatic N) is 1. The van der Waals surface area contributed by atoms with Crippen LogP contribution in [0.2, 0.25) is 0 Å². The number of ether oxygens (including phenoxy) is 1. The van der Waals surface area contributed by atoms with Gasteiger partial charge < -0.3 is 20.4 Å². The van der Waals surface area contributed by atoms with Crippen molar-refractivity contribution in [3.63, 3.8) is 0 Å². The van der Waals surface area contributed by atoms with E-state index in [1.54, 1.807) is 0 Å². The Morgan fingerprint density at radius 2 is 1.83 bits per heavy atom. The smallest absolute Gasteiger partial charge is 0.328 e. The van der Waals surface area contributed by atoms with Gasteiger partial charge in [0.15, 0.2) is 0 Å². The second kappa shape index (κ2) is 8.39. The fourth-order valence-corrected chi connectivity index (χ4v) is 3.68. The van der Waals surface area contributed by atoms with Crippen LogP contribution < -0.4 is 11.1 Å². The molecule has 6 nitrogen and oxygen atoms in total. The Balaban J connectivity index is 2.14. The van der Waals surface area contributed by atoms with Gasteiger partial charge in [0.2, 0.25) is 0 Å². The van der Waals surface area contributed by atoms with Gasteiger partial charge in [0, 0.05) is 29.2 Å². The highest BCUT2D eigenvalue weighted by Gasteiger charge is 2.28. The predicted molar refractivity (Wildman–Crippen MR) is 115 cm³/mol. The number of carbonyl (C=O) groups is 2. The van der Waals surface area contributed by atoms with Crippen LogP contribution in [0.4, 0.5) is 5.69 Å². The summed E-state index contributed by atoms with van der Waals surface area (Å²) >= 11 is 0. The molecule has 3 rings (SSSR count). The lowest BCUT2D eigenvalue weighted by atomic mass is 10.00. The number of benzene rings is 2. The Morgan fingerprint density at radius 1 is 1.14 bits per heavy atom. The Hall–Kier alpha value is -3.28. The number of rotatable bonds is 6. The first-order valence-electron chi connectivity index (χ1n) is 9.65. The van der Waals surface area contributed by atoms with Crippen molar-refractivity contribution in [1.29, 1.82) is 0 Å². The normalized spacial score (nSPS) is 12.2. The maximum absolute atomic E-state index is 13.4. The van der Waals surface area contributed by atoms with Crippen LogP contribution in [0.3, 0.4) is 0 Å². The molecule has 1 aromatic heterocycles. The third-order valence-corrected chi connectivity index (χ3v) is 5.00. The van der Waals surface area contributed by atoms with Crippen LogP contribution in [-0.2, 0) is 16.6 Å². The van der Waals surface area contributed by atoms with Gasteiger partial charge >= 0.3 is 5.97 Å². The van der Waals surface area contributed by atoms with E-state index in [1.165, 1.54) is 7.11 Å². The molecule has 0 saturated heterocycles. The number of aryl methyl sites for hydroxylation is 1. The van der Waals surface area contributed by atoms with E-state index >= 15 is 0 Å². The summed E-state index contributed by atoms with van der Waals surface area (Å²) in [6, 6.07) is 14.6. The van der Waals surface area contributed by atoms with E-state index in [-0.39, 0.29) is 11.8 Å². The molecule has 6 heteroatoms. The Morgan fingerprint density at radius 3 is 2.45 bits per heavy atom. The highest BCUT2D eigenvalue weighted by atomic mass is 16.5. The summed E-state index contributed by atoms with van der Waals surface area (Å²) in [6.45, 7) is 3.99. The van der Waals surface area contributed by atoms with Gasteiger partial charge in [-0.2, -0.15) is 0 Å². The van der Waals surface area contributed by atoms with Crippen molar-refractivity contribution >= 4 is 28.5 Å². The highest BCUT2D eigenvalue weighted by Crippen LogP contribution is 2.35. The molecule has 0 radical (unpaired) electrons. The van der Waals surface area contributed by atoms with Crippen molar-refractivity contribution < 1.29 is 14.3 Å². The van der Waals surface area contributed by atoms with Crippen molar-refractivity contribution in [2.24, 2.45) is 13.0 Å². The van der Waals surface area contributed by atoms with E-state index in [0.717, 1.165) is 22.0 Å². The quantitative estimate of drug-likeness (QED) is 0.493. The average Bonchev–Trinajstić information content (AvgIpc) is 2.98. The summed E-state index contributed by atoms with van der Waals surface area (Å²) in [7, 11) is 3.17. The van der Waals surface area contributed by atoms with Crippen molar-refractivity contribution in [3.05, 3.63) is 54.2 Å². The Bertz CT molecular complexity index is 1040. The van der Waals surface area contributed by atoms with Gasteiger partial charge in [0.05, 0.1) is 7.11 Å². The SMILES string of the molecule is COC(=O)[C@H](CC(C)C)NC(=O)c1c(-c2ccccc2)c2cc(N)ccc2n1C. The van der Waals surface area contributed by atoms with Gasteiger partial charge in [-0.3, -0.25) is 4.79 Å². The van der Waals surface area contributed by atoms with Crippen LogP contribution in [0.5, 0.6) is 0 Å². The van der Waals surface area contributed by atoms with Crippen molar-refractivity contribution in [2.45, 2.75) is 26.3 Å². The van der Waals surface area contributed by atoms with Crippen LogP contribution in [0, 0.1) is 5.92 Å². The maximum Gasteiger partial charge on any atom is 0.328 e. The first-order valence-corrected chi connectivity index (χ1v) is 9.65. The van der Waals surface area contributed by atoms with Crippen LogP contribution >= 0.6 is 0 Å². The van der Waals surface area contributed by atoms with Crippen LogP contribution in [0.1, 0.15) is 30.8 Å². The molecule has 29 heavy (non-hydrogen) atoms. The third kappa shape index (κ3) is 4.11. The number of fused-ring (bicyclic) bond motifs is 1. The number of nitrogen functional groups attached to an aromatic ring is 1. The predicted octanol–water partition coefficient (Wildman–Crippen LogP) is 3.75. The number of anilines is 1. The molecule has 0 fully saturated rings. The molecule has 0 bridgehead atoms. The van der Waals surface area contributed by atoms with Gasteiger partial charge in [0.25, 0.3) is 5.91 Å². The molecular weight excluding hydrogens is 366 g/mol. The Labute approximate surface area is 170 Å². The molecule has 1 atom stereocenters. The number of esters is 1. The lowest BCUT2D eigenvalue weighted by molar-refractivity contribution is -0.143. The van der Waals surface area contributed by atoms with E-state index in [2.05, 4.69) is 5.32 Å². The molecule has 1 heterocycles. The summed E-state index contributed by atoms with van der Waals surface area (Å²) in [6.07, 6.45) is 0.496. The minimum atomic E-state index is -0.709. The first kappa shape index (κ1) is 20.5. The largest absolute Gasteiger partial charge is 0.467 e. The number of nitrogens with one attached hydrogen (secondary N) is 1. The lowest BCUT2D eigenvalue weighted by Crippen LogP contribution is -2.43. The molecule has 0 aliphatic carbocycles. The first-order chi connectivity index (χ1) is 13.8. The second-order valence-corrected chi connectivity index (χ2v) is 7.60. The van der Waals surface area contributed by atoms with Crippen molar-refractivity contribution in [1.82, 2.24) is 9.88 Å². The van der Waals surface area contributed by atoms with Crippen LogP contribution in [0.25, 0.3) is 22.0 Å². The summed E-state index contributed by atoms with van der Waals surface area (Å²) in [5.74, 6) is -0.547. The molecule has 3 aromatic rings. The number of amides is 1. The third-order valence-electron chi connectivity index (χ3n) is 5.00. The minimum Gasteiger partial charge on any atom is -0.467 e. The molecule has 1 amide bonds. The van der Waals surface area contributed by atoms with Crippen molar-refractivity contribution in [2.75, 3.05) is 12.8 Å². The lowest BCUT2D eigenvalue weighted by Gasteiger charge is -2.19. The summed E-state index contributed by atoms with van der Waals surface area (Å²) < 4.78 is 6.74. The monoisotopic (exact) mass is 393 g/mol. The number of hydrogen-bond donors (Lipinski definition) is 2. The number of methoxy groups -OCH3 is 1. The van der Waals surface area contributed by atoms with E-state index in [9.17, 15) is 9.59 Å². The molecule has 2 aromatic carbocycles. The zero-order valence-corrected chi connectivity index (χ0v) is 17.2. The standard InChI is InChI=1S/C23H27N3O3/c1-14(2)12-18(23(28)29-4)25-22(27)21-20(15-8-6-5-7-9-15)17-13-16(24)10-11-19(17)26(21)3/h5-11,13-14,18H,12,24H2,1-4H3,(H,25,27)/t18-/m0/s1. The van der Waals surface area contributed by atoms with Crippen molar-refractivity contribution in [3.8, 4) is 11.1 Å². The average molecular weight is 393 g/mol. The Kier molecular flexibility index (Phi) is 5.92. The summed E-state index contributed by atoms with van der Waals surface area (Å²) in [5.41, 5.74) is 9.73. The summed E-state index contributed by atoms with van der Waals surface area (Å²) in [5, 5.41) is 3.77. The van der Waals surface area contributed by atoms with E-state index in [0.29, 0.717) is 17.8 Å². The molecule has 3 N–H and O–H groups in total. The van der Waals surface area contributed by atoms with E-state index in [4.69, 9.17) is 10.5 Å².